The van der Waals surface area contributed by atoms with E-state index >= 15 is 0 Å². The van der Waals surface area contributed by atoms with Gasteiger partial charge in [0.2, 0.25) is 0 Å². The average molecular weight is 456 g/mol. The van der Waals surface area contributed by atoms with E-state index in [0.29, 0.717) is 6.04 Å². The highest BCUT2D eigenvalue weighted by Crippen LogP contribution is 2.28. The molecule has 2 aromatic rings. The van der Waals surface area contributed by atoms with Crippen molar-refractivity contribution in [1.82, 2.24) is 25.2 Å². The zero-order valence-electron chi connectivity index (χ0n) is 15.3. The van der Waals surface area contributed by atoms with E-state index in [9.17, 15) is 0 Å². The molecule has 0 bridgehead atoms. The number of hydrogen-bond donors (Lipinski definition) is 2. The fourth-order valence-electron chi connectivity index (χ4n) is 3.81. The van der Waals surface area contributed by atoms with E-state index in [4.69, 9.17) is 0 Å². The van der Waals surface area contributed by atoms with Crippen molar-refractivity contribution in [3.8, 4) is 0 Å². The molecule has 0 aromatic carbocycles. The Bertz CT molecular complexity index is 688. The van der Waals surface area contributed by atoms with Crippen molar-refractivity contribution < 1.29 is 0 Å². The zero-order chi connectivity index (χ0) is 16.9. The number of guanidine groups is 1. The van der Waals surface area contributed by atoms with Gasteiger partial charge < -0.3 is 10.6 Å². The second-order valence-electron chi connectivity index (χ2n) is 7.05. The van der Waals surface area contributed by atoms with Crippen molar-refractivity contribution in [2.75, 3.05) is 13.6 Å². The first-order valence-electron chi connectivity index (χ1n) is 8.91. The second kappa shape index (κ2) is 9.35. The topological polar surface area (TPSA) is 66.6 Å². The Morgan fingerprint density at radius 3 is 2.68 bits per heavy atom. The Balaban J connectivity index is 0.00000225. The van der Waals surface area contributed by atoms with Gasteiger partial charge in [-0.2, -0.15) is 0 Å². The van der Waals surface area contributed by atoms with Crippen molar-refractivity contribution in [3.05, 3.63) is 30.2 Å². The van der Waals surface area contributed by atoms with Gasteiger partial charge in [-0.1, -0.05) is 19.9 Å². The maximum absolute atomic E-state index is 4.36. The molecule has 2 N–H and O–H groups in total. The predicted molar refractivity (Wildman–Crippen MR) is 113 cm³/mol. The van der Waals surface area contributed by atoms with E-state index < -0.39 is 0 Å². The molecule has 1 aliphatic carbocycles. The molecule has 2 aromatic heterocycles. The molecule has 7 heteroatoms. The number of nitrogens with one attached hydrogen (secondary N) is 2. The number of rotatable bonds is 4. The van der Waals surface area contributed by atoms with Crippen LogP contribution in [0.5, 0.6) is 0 Å². The normalized spacial score (nSPS) is 24.0. The molecule has 0 radical (unpaired) electrons. The molecule has 3 rings (SSSR count). The summed E-state index contributed by atoms with van der Waals surface area (Å²) in [7, 11) is 1.83. The summed E-state index contributed by atoms with van der Waals surface area (Å²) in [6.45, 7) is 5.47. The monoisotopic (exact) mass is 456 g/mol. The average Bonchev–Trinajstić information content (AvgIpc) is 2.96. The third-order valence-electron chi connectivity index (χ3n) is 4.77. The molecule has 25 heavy (non-hydrogen) atoms. The summed E-state index contributed by atoms with van der Waals surface area (Å²) in [6.07, 6.45) is 6.59. The van der Waals surface area contributed by atoms with Gasteiger partial charge in [-0.05, 0) is 43.2 Å². The highest BCUT2D eigenvalue weighted by Gasteiger charge is 2.24. The molecule has 0 aliphatic heterocycles. The summed E-state index contributed by atoms with van der Waals surface area (Å²) in [5.41, 5.74) is 0.889. The van der Waals surface area contributed by atoms with E-state index in [0.717, 1.165) is 42.2 Å². The Hall–Kier alpha value is -1.38. The van der Waals surface area contributed by atoms with Crippen LogP contribution >= 0.6 is 24.0 Å². The van der Waals surface area contributed by atoms with Crippen LogP contribution in [0.1, 0.15) is 38.9 Å². The highest BCUT2D eigenvalue weighted by molar-refractivity contribution is 14.0. The van der Waals surface area contributed by atoms with E-state index in [1.165, 1.54) is 19.3 Å². The van der Waals surface area contributed by atoms with Crippen LogP contribution in [-0.2, 0) is 6.42 Å². The molecule has 1 aliphatic rings. The van der Waals surface area contributed by atoms with Gasteiger partial charge in [0.1, 0.15) is 5.82 Å². The third kappa shape index (κ3) is 5.29. The van der Waals surface area contributed by atoms with Crippen molar-refractivity contribution in [2.45, 2.75) is 45.6 Å². The maximum Gasteiger partial charge on any atom is 0.191 e. The molecule has 1 saturated carbocycles. The molecular weight excluding hydrogens is 427 g/mol. The van der Waals surface area contributed by atoms with Crippen LogP contribution < -0.4 is 10.6 Å². The van der Waals surface area contributed by atoms with Gasteiger partial charge in [0.15, 0.2) is 11.6 Å². The van der Waals surface area contributed by atoms with Crippen LogP contribution in [0.15, 0.2) is 29.4 Å². The summed E-state index contributed by atoms with van der Waals surface area (Å²) in [5, 5.41) is 15.4. The summed E-state index contributed by atoms with van der Waals surface area (Å²) >= 11 is 0. The number of halogens is 1. The number of aliphatic imine (C=N–C) groups is 1. The van der Waals surface area contributed by atoms with Crippen molar-refractivity contribution in [3.63, 3.8) is 0 Å². The van der Waals surface area contributed by atoms with Gasteiger partial charge >= 0.3 is 0 Å². The smallest absolute Gasteiger partial charge is 0.191 e. The van der Waals surface area contributed by atoms with Crippen LogP contribution in [0.4, 0.5) is 0 Å². The summed E-state index contributed by atoms with van der Waals surface area (Å²) in [6, 6.07) is 6.46. The largest absolute Gasteiger partial charge is 0.356 e. The van der Waals surface area contributed by atoms with Gasteiger partial charge in [-0.15, -0.1) is 34.2 Å². The quantitative estimate of drug-likeness (QED) is 0.422. The van der Waals surface area contributed by atoms with Crippen molar-refractivity contribution in [1.29, 1.82) is 0 Å². The standard InChI is InChI=1S/C18H28N6.HI/c1-13-10-14(2)12-15(11-13)21-18(19-3)20-8-7-17-23-22-16-6-4-5-9-24(16)17;/h4-6,9,13-15H,7-8,10-12H2,1-3H3,(H2,19,20,21);1H. The Morgan fingerprint density at radius 2 is 1.96 bits per heavy atom. The molecular formula is C18H29IN6. The molecule has 1 fully saturated rings. The SMILES string of the molecule is CN=C(NCCc1nnc2ccccn12)NC1CC(C)CC(C)C1.I. The van der Waals surface area contributed by atoms with E-state index in [1.54, 1.807) is 0 Å². The van der Waals surface area contributed by atoms with E-state index in [1.807, 2.05) is 35.8 Å². The van der Waals surface area contributed by atoms with E-state index in [2.05, 4.69) is 39.7 Å². The predicted octanol–water partition coefficient (Wildman–Crippen LogP) is 2.88. The van der Waals surface area contributed by atoms with Crippen LogP contribution in [0.25, 0.3) is 5.65 Å². The first-order chi connectivity index (χ1) is 11.7. The van der Waals surface area contributed by atoms with Gasteiger partial charge in [0, 0.05) is 32.3 Å². The minimum Gasteiger partial charge on any atom is -0.356 e. The summed E-state index contributed by atoms with van der Waals surface area (Å²) in [5.74, 6) is 3.42. The summed E-state index contributed by atoms with van der Waals surface area (Å²) in [4.78, 5) is 4.36. The van der Waals surface area contributed by atoms with Crippen LogP contribution in [0.3, 0.4) is 0 Å². The minimum atomic E-state index is 0. The molecule has 2 heterocycles. The van der Waals surface area contributed by atoms with Crippen molar-refractivity contribution >= 4 is 35.6 Å². The number of fused-ring (bicyclic) bond motifs is 1. The molecule has 2 unspecified atom stereocenters. The fourth-order valence-corrected chi connectivity index (χ4v) is 3.81. The molecule has 0 saturated heterocycles. The molecule has 0 amide bonds. The van der Waals surface area contributed by atoms with Crippen LogP contribution in [-0.4, -0.2) is 40.2 Å². The first kappa shape index (κ1) is 19.9. The van der Waals surface area contributed by atoms with E-state index in [-0.39, 0.29) is 24.0 Å². The van der Waals surface area contributed by atoms with Crippen molar-refractivity contribution in [2.24, 2.45) is 16.8 Å². The Kier molecular flexibility index (Phi) is 7.46. The number of aromatic nitrogens is 3. The maximum atomic E-state index is 4.36. The number of hydrogen-bond acceptors (Lipinski definition) is 3. The lowest BCUT2D eigenvalue weighted by molar-refractivity contribution is 0.255. The molecule has 2 atom stereocenters. The zero-order valence-corrected chi connectivity index (χ0v) is 17.6. The first-order valence-corrected chi connectivity index (χ1v) is 8.91. The van der Waals surface area contributed by atoms with Gasteiger partial charge in [0.05, 0.1) is 0 Å². The summed E-state index contributed by atoms with van der Waals surface area (Å²) < 4.78 is 2.03. The van der Waals surface area contributed by atoms with Gasteiger partial charge in [-0.25, -0.2) is 0 Å². The Morgan fingerprint density at radius 1 is 1.20 bits per heavy atom. The third-order valence-corrected chi connectivity index (χ3v) is 4.77. The lowest BCUT2D eigenvalue weighted by atomic mass is 9.80. The van der Waals surface area contributed by atoms with Crippen LogP contribution in [0.2, 0.25) is 0 Å². The minimum absolute atomic E-state index is 0. The number of nitrogens with zero attached hydrogens (tertiary/aromatic N) is 4. The number of pyridine rings is 1. The fraction of sp³-hybridized carbons (Fsp3) is 0.611. The van der Waals surface area contributed by atoms with Crippen LogP contribution in [0, 0.1) is 11.8 Å². The lowest BCUT2D eigenvalue weighted by Gasteiger charge is -2.32. The lowest BCUT2D eigenvalue weighted by Crippen LogP contribution is -2.46. The second-order valence-corrected chi connectivity index (χ2v) is 7.05. The Labute approximate surface area is 166 Å². The van der Waals surface area contributed by atoms with Gasteiger partial charge in [-0.3, -0.25) is 9.39 Å². The highest BCUT2D eigenvalue weighted by atomic mass is 127. The molecule has 138 valence electrons. The van der Waals surface area contributed by atoms with Gasteiger partial charge in [0.25, 0.3) is 0 Å². The molecule has 6 nitrogen and oxygen atoms in total. The molecule has 0 spiro atoms.